The van der Waals surface area contributed by atoms with Crippen molar-refractivity contribution in [3.05, 3.63) is 45.1 Å². The highest BCUT2D eigenvalue weighted by Crippen LogP contribution is 2.21. The molecule has 0 spiro atoms. The Balaban J connectivity index is 1.71. The van der Waals surface area contributed by atoms with Gasteiger partial charge in [0.15, 0.2) is 0 Å². The quantitative estimate of drug-likeness (QED) is 0.801. The summed E-state index contributed by atoms with van der Waals surface area (Å²) >= 11 is 13.1. The van der Waals surface area contributed by atoms with E-state index in [0.29, 0.717) is 27.1 Å². The maximum Gasteiger partial charge on any atom is 0.253 e. The summed E-state index contributed by atoms with van der Waals surface area (Å²) in [5, 5.41) is 16.1. The summed E-state index contributed by atoms with van der Waals surface area (Å²) in [5.74, 6) is -0.280. The maximum atomic E-state index is 12.0. The number of rotatable bonds is 3. The molecule has 6 nitrogen and oxygen atoms in total. The highest BCUT2D eigenvalue weighted by Gasteiger charge is 2.12. The van der Waals surface area contributed by atoms with Gasteiger partial charge in [-0.1, -0.05) is 34.5 Å². The fourth-order valence-corrected chi connectivity index (χ4v) is 2.84. The molecule has 0 bridgehead atoms. The van der Waals surface area contributed by atoms with Crippen LogP contribution in [0.25, 0.3) is 4.96 Å². The number of carbonyl (C=O) groups excluding carboxylic acids is 1. The fourth-order valence-electron chi connectivity index (χ4n) is 1.60. The van der Waals surface area contributed by atoms with Gasteiger partial charge in [0.1, 0.15) is 11.3 Å². The summed E-state index contributed by atoms with van der Waals surface area (Å²) in [6.07, 6.45) is 1.51. The van der Waals surface area contributed by atoms with Crippen molar-refractivity contribution in [2.45, 2.75) is 6.54 Å². The number of hydrogen-bond acceptors (Lipinski definition) is 5. The third kappa shape index (κ3) is 2.60. The zero-order valence-corrected chi connectivity index (χ0v) is 12.2. The summed E-state index contributed by atoms with van der Waals surface area (Å²) in [5.41, 5.74) is 0.374. The first-order valence-corrected chi connectivity index (χ1v) is 7.10. The van der Waals surface area contributed by atoms with Crippen LogP contribution >= 0.6 is 34.5 Å². The number of amides is 1. The summed E-state index contributed by atoms with van der Waals surface area (Å²) in [7, 11) is 0. The van der Waals surface area contributed by atoms with Gasteiger partial charge in [-0.05, 0) is 18.2 Å². The minimum atomic E-state index is -0.280. The van der Waals surface area contributed by atoms with Gasteiger partial charge < -0.3 is 5.32 Å². The van der Waals surface area contributed by atoms with Crippen molar-refractivity contribution >= 4 is 45.4 Å². The molecular formula is C11H7Cl2N5OS. The van der Waals surface area contributed by atoms with E-state index in [1.54, 1.807) is 16.6 Å². The van der Waals surface area contributed by atoms with Crippen molar-refractivity contribution in [3.8, 4) is 0 Å². The molecule has 0 fully saturated rings. The van der Waals surface area contributed by atoms with E-state index in [2.05, 4.69) is 20.6 Å². The molecule has 0 saturated carbocycles. The van der Waals surface area contributed by atoms with Crippen molar-refractivity contribution < 1.29 is 4.79 Å². The molecule has 2 heterocycles. The Morgan fingerprint density at radius 3 is 3.00 bits per heavy atom. The van der Waals surface area contributed by atoms with Crippen LogP contribution in [-0.4, -0.2) is 25.7 Å². The molecule has 3 aromatic rings. The van der Waals surface area contributed by atoms with E-state index in [0.717, 1.165) is 5.01 Å². The molecule has 0 aliphatic rings. The largest absolute Gasteiger partial charge is 0.345 e. The number of hydrogen-bond donors (Lipinski definition) is 1. The van der Waals surface area contributed by atoms with Gasteiger partial charge in [0, 0.05) is 5.02 Å². The van der Waals surface area contributed by atoms with Crippen LogP contribution in [0.2, 0.25) is 10.0 Å². The third-order valence-electron chi connectivity index (χ3n) is 2.50. The Labute approximate surface area is 127 Å². The van der Waals surface area contributed by atoms with E-state index in [4.69, 9.17) is 23.2 Å². The zero-order chi connectivity index (χ0) is 14.1. The summed E-state index contributed by atoms with van der Waals surface area (Å²) in [6, 6.07) is 4.73. The lowest BCUT2D eigenvalue weighted by Crippen LogP contribution is -2.23. The van der Waals surface area contributed by atoms with Gasteiger partial charge in [-0.2, -0.15) is 9.61 Å². The van der Waals surface area contributed by atoms with Crippen LogP contribution in [0.1, 0.15) is 15.4 Å². The van der Waals surface area contributed by atoms with Crippen LogP contribution in [0.4, 0.5) is 0 Å². The fraction of sp³-hybridized carbons (Fsp3) is 0.0909. The SMILES string of the molecule is O=C(NCc1nn2cnnc2s1)c1ccc(Cl)cc1Cl. The van der Waals surface area contributed by atoms with Crippen LogP contribution in [0.5, 0.6) is 0 Å². The van der Waals surface area contributed by atoms with E-state index in [-0.39, 0.29) is 5.91 Å². The average Bonchev–Trinajstić information content (AvgIpc) is 2.96. The molecule has 0 saturated heterocycles. The highest BCUT2D eigenvalue weighted by atomic mass is 35.5. The van der Waals surface area contributed by atoms with E-state index in [9.17, 15) is 4.79 Å². The average molecular weight is 328 g/mol. The molecular weight excluding hydrogens is 321 g/mol. The van der Waals surface area contributed by atoms with Gasteiger partial charge in [0.2, 0.25) is 4.96 Å². The van der Waals surface area contributed by atoms with Gasteiger partial charge in [-0.15, -0.1) is 10.2 Å². The predicted molar refractivity (Wildman–Crippen MR) is 76.3 cm³/mol. The van der Waals surface area contributed by atoms with Crippen LogP contribution in [0, 0.1) is 0 Å². The highest BCUT2D eigenvalue weighted by molar-refractivity contribution is 7.16. The van der Waals surface area contributed by atoms with E-state index < -0.39 is 0 Å². The van der Waals surface area contributed by atoms with Crippen molar-refractivity contribution in [3.63, 3.8) is 0 Å². The summed E-state index contributed by atoms with van der Waals surface area (Å²) in [6.45, 7) is 0.297. The Hall–Kier alpha value is -1.70. The van der Waals surface area contributed by atoms with Crippen LogP contribution in [0.15, 0.2) is 24.5 Å². The molecule has 0 aliphatic heterocycles. The number of nitrogens with zero attached hydrogens (tertiary/aromatic N) is 4. The molecule has 20 heavy (non-hydrogen) atoms. The molecule has 1 N–H and O–H groups in total. The van der Waals surface area contributed by atoms with Crippen molar-refractivity contribution in [2.24, 2.45) is 0 Å². The van der Waals surface area contributed by atoms with Crippen LogP contribution in [0.3, 0.4) is 0 Å². The lowest BCUT2D eigenvalue weighted by molar-refractivity contribution is 0.0951. The topological polar surface area (TPSA) is 72.2 Å². The minimum absolute atomic E-state index is 0.280. The molecule has 0 atom stereocenters. The van der Waals surface area contributed by atoms with Crippen molar-refractivity contribution in [2.75, 3.05) is 0 Å². The zero-order valence-electron chi connectivity index (χ0n) is 9.88. The van der Waals surface area contributed by atoms with Crippen molar-refractivity contribution in [1.82, 2.24) is 25.1 Å². The normalized spacial score (nSPS) is 10.9. The van der Waals surface area contributed by atoms with Gasteiger partial charge in [-0.25, -0.2) is 0 Å². The molecule has 0 aliphatic carbocycles. The lowest BCUT2D eigenvalue weighted by atomic mass is 10.2. The Kier molecular flexibility index (Phi) is 3.56. The lowest BCUT2D eigenvalue weighted by Gasteiger charge is -2.05. The first-order valence-electron chi connectivity index (χ1n) is 5.52. The molecule has 9 heteroatoms. The summed E-state index contributed by atoms with van der Waals surface area (Å²) < 4.78 is 1.56. The van der Waals surface area contributed by atoms with Crippen LogP contribution < -0.4 is 5.32 Å². The van der Waals surface area contributed by atoms with Gasteiger partial charge in [0.05, 0.1) is 17.1 Å². The maximum absolute atomic E-state index is 12.0. The predicted octanol–water partition coefficient (Wildman–Crippen LogP) is 2.42. The van der Waals surface area contributed by atoms with E-state index in [1.807, 2.05) is 0 Å². The Morgan fingerprint density at radius 2 is 2.25 bits per heavy atom. The second-order valence-electron chi connectivity index (χ2n) is 3.86. The number of halogens is 2. The molecule has 2 aromatic heterocycles. The molecule has 102 valence electrons. The number of carbonyl (C=O) groups is 1. The molecule has 1 aromatic carbocycles. The minimum Gasteiger partial charge on any atom is -0.345 e. The molecule has 1 amide bonds. The summed E-state index contributed by atoms with van der Waals surface area (Å²) in [4.78, 5) is 12.7. The smallest absolute Gasteiger partial charge is 0.253 e. The van der Waals surface area contributed by atoms with Gasteiger partial charge in [0.25, 0.3) is 5.91 Å². The van der Waals surface area contributed by atoms with Gasteiger partial charge >= 0.3 is 0 Å². The third-order valence-corrected chi connectivity index (χ3v) is 3.97. The monoisotopic (exact) mass is 327 g/mol. The Bertz CT molecular complexity index is 756. The Morgan fingerprint density at radius 1 is 1.40 bits per heavy atom. The van der Waals surface area contributed by atoms with Crippen LogP contribution in [-0.2, 0) is 6.54 Å². The van der Waals surface area contributed by atoms with Gasteiger partial charge in [-0.3, -0.25) is 4.79 Å². The van der Waals surface area contributed by atoms with E-state index >= 15 is 0 Å². The first kappa shape index (κ1) is 13.3. The molecule has 3 rings (SSSR count). The number of aromatic nitrogens is 4. The first-order chi connectivity index (χ1) is 9.63. The number of benzene rings is 1. The standard InChI is InChI=1S/C11H7Cl2N5OS/c12-6-1-2-7(8(13)3-6)10(19)14-4-9-17-18-5-15-16-11(18)20-9/h1-3,5H,4H2,(H,14,19). The number of nitrogens with one attached hydrogen (secondary N) is 1. The molecule has 0 unspecified atom stereocenters. The van der Waals surface area contributed by atoms with Crippen molar-refractivity contribution in [1.29, 1.82) is 0 Å². The molecule has 0 radical (unpaired) electrons. The second kappa shape index (κ2) is 5.35. The second-order valence-corrected chi connectivity index (χ2v) is 5.74. The van der Waals surface area contributed by atoms with E-state index in [1.165, 1.54) is 23.7 Å². The number of fused-ring (bicyclic) bond motifs is 1.